The van der Waals surface area contributed by atoms with Crippen LogP contribution in [0.1, 0.15) is 37.6 Å². The summed E-state index contributed by atoms with van der Waals surface area (Å²) in [7, 11) is 0. The number of rotatable bonds is 7. The van der Waals surface area contributed by atoms with Gasteiger partial charge in [-0.1, -0.05) is 17.8 Å². The van der Waals surface area contributed by atoms with Gasteiger partial charge in [-0.05, 0) is 43.3 Å². The van der Waals surface area contributed by atoms with Crippen molar-refractivity contribution in [1.82, 2.24) is 20.1 Å². The summed E-state index contributed by atoms with van der Waals surface area (Å²) < 4.78 is 7.50. The van der Waals surface area contributed by atoms with E-state index in [0.717, 1.165) is 34.5 Å². The summed E-state index contributed by atoms with van der Waals surface area (Å²) in [6.07, 6.45) is 3.90. The van der Waals surface area contributed by atoms with Crippen molar-refractivity contribution in [1.29, 1.82) is 0 Å². The highest BCUT2D eigenvalue weighted by molar-refractivity contribution is 7.99. The number of carbonyl (C=O) groups is 1. The molecule has 1 amide bonds. The number of thiophene rings is 1. The lowest BCUT2D eigenvalue weighted by Gasteiger charge is -2.11. The molecule has 1 fully saturated rings. The minimum atomic E-state index is -0.147. The van der Waals surface area contributed by atoms with Crippen LogP contribution >= 0.6 is 23.1 Å². The van der Waals surface area contributed by atoms with Gasteiger partial charge in [-0.25, -0.2) is 0 Å². The monoisotopic (exact) mass is 374 g/mol. The Hall–Kier alpha value is -2.06. The van der Waals surface area contributed by atoms with Gasteiger partial charge in [0.05, 0.1) is 22.9 Å². The molecule has 0 radical (unpaired) electrons. The van der Waals surface area contributed by atoms with Gasteiger partial charge in [-0.15, -0.1) is 21.5 Å². The Balaban J connectivity index is 1.42. The summed E-state index contributed by atoms with van der Waals surface area (Å²) in [4.78, 5) is 13.3. The molecule has 4 rings (SSSR count). The number of aromatic nitrogens is 3. The van der Waals surface area contributed by atoms with Crippen LogP contribution in [0, 0.1) is 0 Å². The van der Waals surface area contributed by atoms with E-state index in [1.807, 2.05) is 30.5 Å². The van der Waals surface area contributed by atoms with E-state index in [9.17, 15) is 4.79 Å². The molecule has 1 aliphatic rings. The molecule has 8 heteroatoms. The van der Waals surface area contributed by atoms with Crippen molar-refractivity contribution in [2.75, 3.05) is 5.75 Å². The quantitative estimate of drug-likeness (QED) is 0.635. The lowest BCUT2D eigenvalue weighted by atomic mass is 10.2. The summed E-state index contributed by atoms with van der Waals surface area (Å²) >= 11 is 3.09. The van der Waals surface area contributed by atoms with Crippen molar-refractivity contribution in [2.45, 2.75) is 37.0 Å². The molecule has 0 spiro atoms. The fourth-order valence-corrected chi connectivity index (χ4v) is 4.16. The zero-order valence-corrected chi connectivity index (χ0v) is 15.3. The Labute approximate surface area is 153 Å². The molecular formula is C17H18N4O2S2. The van der Waals surface area contributed by atoms with Crippen molar-refractivity contribution in [2.24, 2.45) is 0 Å². The van der Waals surface area contributed by atoms with Crippen LogP contribution < -0.4 is 5.32 Å². The normalized spacial score (nSPS) is 15.2. The van der Waals surface area contributed by atoms with E-state index in [1.165, 1.54) is 11.8 Å². The summed E-state index contributed by atoms with van der Waals surface area (Å²) in [5.74, 6) is 1.92. The third kappa shape index (κ3) is 3.64. The molecule has 0 aromatic carbocycles. The van der Waals surface area contributed by atoms with E-state index in [1.54, 1.807) is 17.6 Å². The largest absolute Gasteiger partial charge is 0.467 e. The predicted molar refractivity (Wildman–Crippen MR) is 97.6 cm³/mol. The molecule has 1 aliphatic carbocycles. The number of hydrogen-bond acceptors (Lipinski definition) is 6. The molecule has 3 aromatic rings. The Kier molecular flexibility index (Phi) is 4.63. The minimum absolute atomic E-state index is 0.0445. The van der Waals surface area contributed by atoms with Gasteiger partial charge in [0, 0.05) is 6.04 Å². The van der Waals surface area contributed by atoms with Crippen molar-refractivity contribution in [3.8, 4) is 10.7 Å². The van der Waals surface area contributed by atoms with E-state index >= 15 is 0 Å². The topological polar surface area (TPSA) is 73.0 Å². The molecule has 25 heavy (non-hydrogen) atoms. The van der Waals surface area contributed by atoms with E-state index in [2.05, 4.69) is 26.1 Å². The number of furan rings is 1. The van der Waals surface area contributed by atoms with Gasteiger partial charge in [0.2, 0.25) is 5.91 Å². The first-order valence-corrected chi connectivity index (χ1v) is 10.0. The number of nitrogens with one attached hydrogen (secondary N) is 1. The molecule has 3 heterocycles. The number of carbonyl (C=O) groups excluding carboxylic acids is 1. The third-order valence-electron chi connectivity index (χ3n) is 4.00. The Morgan fingerprint density at radius 2 is 2.32 bits per heavy atom. The molecule has 1 N–H and O–H groups in total. The number of thioether (sulfide) groups is 1. The Bertz CT molecular complexity index is 838. The van der Waals surface area contributed by atoms with Gasteiger partial charge in [0.1, 0.15) is 5.76 Å². The van der Waals surface area contributed by atoms with Crippen LogP contribution in [0.3, 0.4) is 0 Å². The molecular weight excluding hydrogens is 356 g/mol. The smallest absolute Gasteiger partial charge is 0.231 e. The van der Waals surface area contributed by atoms with Gasteiger partial charge >= 0.3 is 0 Å². The summed E-state index contributed by atoms with van der Waals surface area (Å²) in [6, 6.07) is 8.05. The summed E-state index contributed by atoms with van der Waals surface area (Å²) in [5.41, 5.74) is 0. The molecule has 6 nitrogen and oxygen atoms in total. The van der Waals surface area contributed by atoms with E-state index in [0.29, 0.717) is 11.8 Å². The second-order valence-corrected chi connectivity index (χ2v) is 7.87. The lowest BCUT2D eigenvalue weighted by Crippen LogP contribution is -2.28. The minimum Gasteiger partial charge on any atom is -0.467 e. The first kappa shape index (κ1) is 16.4. The van der Waals surface area contributed by atoms with Crippen LogP contribution in [-0.2, 0) is 4.79 Å². The maximum absolute atomic E-state index is 12.2. The average Bonchev–Trinajstić information content (AvgIpc) is 3.06. The van der Waals surface area contributed by atoms with Crippen LogP contribution in [0.5, 0.6) is 0 Å². The van der Waals surface area contributed by atoms with Gasteiger partial charge in [0.25, 0.3) is 0 Å². The van der Waals surface area contributed by atoms with Gasteiger partial charge in [0.15, 0.2) is 11.0 Å². The van der Waals surface area contributed by atoms with Crippen LogP contribution in [0.15, 0.2) is 45.5 Å². The molecule has 1 atom stereocenters. The zero-order chi connectivity index (χ0) is 17.2. The number of amides is 1. The lowest BCUT2D eigenvalue weighted by molar-refractivity contribution is -0.119. The molecule has 0 unspecified atom stereocenters. The standard InChI is InChI=1S/C17H18N4O2S2/c1-11(13-4-2-8-23-13)18-15(22)10-25-17-20-19-16(14-5-3-9-24-14)21(17)12-6-7-12/h2-5,8-9,11-12H,6-7,10H2,1H3,(H,18,22)/t11-/m1/s1. The fraction of sp³-hybridized carbons (Fsp3) is 0.353. The highest BCUT2D eigenvalue weighted by atomic mass is 32.2. The molecule has 130 valence electrons. The van der Waals surface area contributed by atoms with Gasteiger partial charge in [-0.3, -0.25) is 9.36 Å². The van der Waals surface area contributed by atoms with Gasteiger partial charge in [-0.2, -0.15) is 0 Å². The average molecular weight is 374 g/mol. The first-order chi connectivity index (χ1) is 12.2. The highest BCUT2D eigenvalue weighted by Gasteiger charge is 2.30. The summed E-state index contributed by atoms with van der Waals surface area (Å²) in [5, 5.41) is 14.5. The highest BCUT2D eigenvalue weighted by Crippen LogP contribution is 2.41. The Morgan fingerprint density at radius 1 is 1.44 bits per heavy atom. The van der Waals surface area contributed by atoms with Crippen LogP contribution in [0.4, 0.5) is 0 Å². The van der Waals surface area contributed by atoms with E-state index in [-0.39, 0.29) is 11.9 Å². The molecule has 0 aliphatic heterocycles. The Morgan fingerprint density at radius 3 is 3.00 bits per heavy atom. The fourth-order valence-electron chi connectivity index (χ4n) is 2.63. The molecule has 3 aromatic heterocycles. The molecule has 0 bridgehead atoms. The van der Waals surface area contributed by atoms with Crippen LogP contribution in [-0.4, -0.2) is 26.4 Å². The van der Waals surface area contributed by atoms with Crippen molar-refractivity contribution >= 4 is 29.0 Å². The maximum atomic E-state index is 12.2. The summed E-state index contributed by atoms with van der Waals surface area (Å²) in [6.45, 7) is 1.91. The van der Waals surface area contributed by atoms with E-state index in [4.69, 9.17) is 4.42 Å². The van der Waals surface area contributed by atoms with Crippen molar-refractivity contribution < 1.29 is 9.21 Å². The van der Waals surface area contributed by atoms with Crippen LogP contribution in [0.25, 0.3) is 10.7 Å². The number of nitrogens with zero attached hydrogens (tertiary/aromatic N) is 3. The number of hydrogen-bond donors (Lipinski definition) is 1. The SMILES string of the molecule is C[C@@H](NC(=O)CSc1nnc(-c2cccs2)n1C1CC1)c1ccco1. The zero-order valence-electron chi connectivity index (χ0n) is 13.7. The third-order valence-corrected chi connectivity index (χ3v) is 5.81. The first-order valence-electron chi connectivity index (χ1n) is 8.16. The van der Waals surface area contributed by atoms with Crippen LogP contribution in [0.2, 0.25) is 0 Å². The predicted octanol–water partition coefficient (Wildman–Crippen LogP) is 3.90. The second-order valence-electron chi connectivity index (χ2n) is 5.98. The molecule has 0 saturated heterocycles. The van der Waals surface area contributed by atoms with Crippen molar-refractivity contribution in [3.63, 3.8) is 0 Å². The molecule has 1 saturated carbocycles. The second kappa shape index (κ2) is 7.05. The van der Waals surface area contributed by atoms with E-state index < -0.39 is 0 Å². The van der Waals surface area contributed by atoms with Gasteiger partial charge < -0.3 is 9.73 Å². The van der Waals surface area contributed by atoms with Crippen molar-refractivity contribution in [3.05, 3.63) is 41.7 Å². The maximum Gasteiger partial charge on any atom is 0.231 e.